The predicted octanol–water partition coefficient (Wildman–Crippen LogP) is 5.21. The monoisotopic (exact) mass is 302 g/mol. The maximum atomic E-state index is 4.36. The van der Waals surface area contributed by atoms with Gasteiger partial charge in [-0.2, -0.15) is 0 Å². The lowest BCUT2D eigenvalue weighted by atomic mass is 9.89. The van der Waals surface area contributed by atoms with Crippen LogP contribution in [0.3, 0.4) is 0 Å². The molecule has 2 unspecified atom stereocenters. The van der Waals surface area contributed by atoms with Gasteiger partial charge in [-0.1, -0.05) is 62.4 Å². The number of hydrogen-bond donors (Lipinski definition) is 0. The molecule has 1 aromatic heterocycles. The Bertz CT molecular complexity index is 831. The fourth-order valence-electron chi connectivity index (χ4n) is 3.76. The van der Waals surface area contributed by atoms with Crippen LogP contribution in [-0.4, -0.2) is 9.55 Å². The van der Waals surface area contributed by atoms with E-state index in [9.17, 15) is 0 Å². The van der Waals surface area contributed by atoms with Crippen molar-refractivity contribution in [2.24, 2.45) is 0 Å². The molecule has 23 heavy (non-hydrogen) atoms. The summed E-state index contributed by atoms with van der Waals surface area (Å²) >= 11 is 0. The molecule has 0 saturated heterocycles. The van der Waals surface area contributed by atoms with E-state index in [0.717, 1.165) is 12.8 Å². The van der Waals surface area contributed by atoms with Gasteiger partial charge in [-0.05, 0) is 35.4 Å². The maximum absolute atomic E-state index is 4.36. The third-order valence-corrected chi connectivity index (χ3v) is 5.10. The first-order valence-electron chi connectivity index (χ1n) is 8.48. The molecule has 2 nitrogen and oxygen atoms in total. The Hall–Kier alpha value is -2.35. The molecule has 2 atom stereocenters. The minimum atomic E-state index is 0.393. The number of benzene rings is 2. The van der Waals surface area contributed by atoms with Crippen LogP contribution >= 0.6 is 0 Å². The van der Waals surface area contributed by atoms with Gasteiger partial charge in [-0.15, -0.1) is 0 Å². The molecule has 2 aromatic carbocycles. The fraction of sp³-hybridized carbons (Fsp3) is 0.286. The highest BCUT2D eigenvalue weighted by molar-refractivity contribution is 5.68. The number of aromatic nitrogens is 2. The van der Waals surface area contributed by atoms with E-state index in [0.29, 0.717) is 12.0 Å². The summed E-state index contributed by atoms with van der Waals surface area (Å²) in [7, 11) is 0. The van der Waals surface area contributed by atoms with Gasteiger partial charge >= 0.3 is 0 Å². The van der Waals surface area contributed by atoms with Gasteiger partial charge in [-0.3, -0.25) is 0 Å². The Morgan fingerprint density at radius 3 is 2.87 bits per heavy atom. The molecule has 4 rings (SSSR count). The van der Waals surface area contributed by atoms with Crippen LogP contribution in [0.4, 0.5) is 0 Å². The molecular weight excluding hydrogens is 280 g/mol. The summed E-state index contributed by atoms with van der Waals surface area (Å²) in [4.78, 5) is 4.36. The van der Waals surface area contributed by atoms with Gasteiger partial charge in [0.15, 0.2) is 0 Å². The first kappa shape index (κ1) is 14.3. The summed E-state index contributed by atoms with van der Waals surface area (Å²) in [6, 6.07) is 18.2. The Kier molecular flexibility index (Phi) is 3.53. The lowest BCUT2D eigenvalue weighted by Gasteiger charge is -2.20. The van der Waals surface area contributed by atoms with Crippen molar-refractivity contribution >= 4 is 0 Å². The Balaban J connectivity index is 1.66. The maximum Gasteiger partial charge on any atom is 0.0956 e. The molecule has 0 fully saturated rings. The molecule has 0 spiro atoms. The SMILES string of the molecule is CCc1cccc(C(C)CC2c3ccccc3-c3cncn32)c1. The van der Waals surface area contributed by atoms with E-state index in [1.54, 1.807) is 0 Å². The van der Waals surface area contributed by atoms with Crippen molar-refractivity contribution in [3.8, 4) is 11.3 Å². The van der Waals surface area contributed by atoms with E-state index in [2.05, 4.69) is 71.9 Å². The van der Waals surface area contributed by atoms with Gasteiger partial charge in [-0.25, -0.2) is 4.98 Å². The van der Waals surface area contributed by atoms with Crippen molar-refractivity contribution in [2.75, 3.05) is 0 Å². The summed E-state index contributed by atoms with van der Waals surface area (Å²) in [5.41, 5.74) is 6.88. The minimum Gasteiger partial charge on any atom is -0.323 e. The van der Waals surface area contributed by atoms with Gasteiger partial charge in [0.1, 0.15) is 0 Å². The average Bonchev–Trinajstić information content (AvgIpc) is 3.18. The van der Waals surface area contributed by atoms with Crippen LogP contribution in [0.15, 0.2) is 61.1 Å². The van der Waals surface area contributed by atoms with Gasteiger partial charge in [0.25, 0.3) is 0 Å². The second-order valence-corrected chi connectivity index (χ2v) is 6.52. The summed E-state index contributed by atoms with van der Waals surface area (Å²) in [6.45, 7) is 4.56. The van der Waals surface area contributed by atoms with Crippen molar-refractivity contribution in [1.82, 2.24) is 9.55 Å². The molecule has 116 valence electrons. The van der Waals surface area contributed by atoms with Gasteiger partial charge in [0.2, 0.25) is 0 Å². The summed E-state index contributed by atoms with van der Waals surface area (Å²) in [5, 5.41) is 0. The first-order chi connectivity index (χ1) is 11.3. The Labute approximate surface area is 137 Å². The zero-order chi connectivity index (χ0) is 15.8. The number of aryl methyl sites for hydroxylation is 1. The van der Waals surface area contributed by atoms with E-state index in [4.69, 9.17) is 0 Å². The first-order valence-corrected chi connectivity index (χ1v) is 8.48. The fourth-order valence-corrected chi connectivity index (χ4v) is 3.76. The molecule has 0 amide bonds. The third kappa shape index (κ3) is 2.39. The van der Waals surface area contributed by atoms with Gasteiger partial charge < -0.3 is 4.57 Å². The van der Waals surface area contributed by atoms with Crippen LogP contribution in [0, 0.1) is 0 Å². The van der Waals surface area contributed by atoms with Crippen molar-refractivity contribution in [1.29, 1.82) is 0 Å². The predicted molar refractivity (Wildman–Crippen MR) is 94.7 cm³/mol. The number of fused-ring (bicyclic) bond motifs is 3. The summed E-state index contributed by atoms with van der Waals surface area (Å²) < 4.78 is 2.34. The van der Waals surface area contributed by atoms with E-state index in [1.807, 2.05) is 12.5 Å². The van der Waals surface area contributed by atoms with Gasteiger partial charge in [0.05, 0.1) is 24.3 Å². The Morgan fingerprint density at radius 2 is 2.00 bits per heavy atom. The van der Waals surface area contributed by atoms with Crippen LogP contribution in [0.2, 0.25) is 0 Å². The lowest BCUT2D eigenvalue weighted by molar-refractivity contribution is 0.512. The molecule has 0 radical (unpaired) electrons. The van der Waals surface area contributed by atoms with Crippen molar-refractivity contribution in [2.45, 2.75) is 38.6 Å². The van der Waals surface area contributed by atoms with E-state index >= 15 is 0 Å². The van der Waals surface area contributed by atoms with E-state index < -0.39 is 0 Å². The molecule has 0 aliphatic carbocycles. The van der Waals surface area contributed by atoms with Crippen LogP contribution in [0.5, 0.6) is 0 Å². The lowest BCUT2D eigenvalue weighted by Crippen LogP contribution is -2.09. The second kappa shape index (κ2) is 5.69. The highest BCUT2D eigenvalue weighted by atomic mass is 15.1. The molecular formula is C21H22N2. The van der Waals surface area contributed by atoms with Gasteiger partial charge in [0, 0.05) is 5.56 Å². The summed E-state index contributed by atoms with van der Waals surface area (Å²) in [6.07, 6.45) is 6.17. The van der Waals surface area contributed by atoms with E-state index in [-0.39, 0.29) is 0 Å². The quantitative estimate of drug-likeness (QED) is 0.647. The molecule has 0 saturated carbocycles. The highest BCUT2D eigenvalue weighted by Crippen LogP contribution is 2.43. The van der Waals surface area contributed by atoms with Crippen LogP contribution in [0.1, 0.15) is 48.9 Å². The molecule has 2 heterocycles. The molecule has 1 aliphatic rings. The average molecular weight is 302 g/mol. The highest BCUT2D eigenvalue weighted by Gasteiger charge is 2.29. The molecule has 0 N–H and O–H groups in total. The zero-order valence-corrected chi connectivity index (χ0v) is 13.7. The normalized spacial score (nSPS) is 16.9. The molecule has 1 aliphatic heterocycles. The van der Waals surface area contributed by atoms with Crippen molar-refractivity contribution in [3.63, 3.8) is 0 Å². The number of imidazole rings is 1. The molecule has 0 bridgehead atoms. The van der Waals surface area contributed by atoms with Crippen LogP contribution < -0.4 is 0 Å². The summed E-state index contributed by atoms with van der Waals surface area (Å²) in [5.74, 6) is 0.521. The van der Waals surface area contributed by atoms with Crippen LogP contribution in [0.25, 0.3) is 11.3 Å². The van der Waals surface area contributed by atoms with Crippen LogP contribution in [-0.2, 0) is 6.42 Å². The number of nitrogens with zero attached hydrogens (tertiary/aromatic N) is 2. The van der Waals surface area contributed by atoms with Crippen molar-refractivity contribution in [3.05, 3.63) is 77.7 Å². The molecule has 2 heteroatoms. The largest absolute Gasteiger partial charge is 0.323 e. The number of rotatable bonds is 4. The standard InChI is InChI=1S/C21H22N2/c1-3-16-7-6-8-17(12-16)15(2)11-20-18-9-4-5-10-19(18)21-13-22-14-23(20)21/h4-10,12-15,20H,3,11H2,1-2H3. The topological polar surface area (TPSA) is 17.8 Å². The zero-order valence-electron chi connectivity index (χ0n) is 13.7. The smallest absolute Gasteiger partial charge is 0.0956 e. The van der Waals surface area contributed by atoms with Crippen molar-refractivity contribution < 1.29 is 0 Å². The number of hydrogen-bond acceptors (Lipinski definition) is 1. The molecule has 3 aromatic rings. The van der Waals surface area contributed by atoms with E-state index in [1.165, 1.54) is 27.9 Å². The third-order valence-electron chi connectivity index (χ3n) is 5.10. The Morgan fingerprint density at radius 1 is 1.13 bits per heavy atom. The second-order valence-electron chi connectivity index (χ2n) is 6.52. The minimum absolute atomic E-state index is 0.393.